The third kappa shape index (κ3) is 6.28. The van der Waals surface area contributed by atoms with Crippen LogP contribution in [0.1, 0.15) is 32.1 Å². The number of allylic oxidation sites excluding steroid dienone is 1. The second-order valence-corrected chi connectivity index (χ2v) is 8.68. The molecule has 36 heavy (non-hydrogen) atoms. The van der Waals surface area contributed by atoms with Gasteiger partial charge in [0.1, 0.15) is 6.61 Å². The van der Waals surface area contributed by atoms with Crippen molar-refractivity contribution in [3.8, 4) is 17.1 Å². The number of rotatable bonds is 13. The maximum atomic E-state index is 14.2. The largest absolute Gasteiger partial charge is 0.488 e. The molecule has 1 fully saturated rings. The number of aliphatic hydroxyl groups is 1. The van der Waals surface area contributed by atoms with Crippen molar-refractivity contribution in [1.82, 2.24) is 25.0 Å². The van der Waals surface area contributed by atoms with Gasteiger partial charge in [0.15, 0.2) is 34.4 Å². The molecule has 1 aliphatic rings. The van der Waals surface area contributed by atoms with Gasteiger partial charge in [-0.3, -0.25) is 10.7 Å². The lowest BCUT2D eigenvalue weighted by Gasteiger charge is -2.28. The summed E-state index contributed by atoms with van der Waals surface area (Å²) in [7, 11) is 0. The van der Waals surface area contributed by atoms with Crippen LogP contribution in [0.25, 0.3) is 22.6 Å². The molecule has 1 aromatic carbocycles. The highest BCUT2D eigenvalue weighted by molar-refractivity contribution is 5.86. The Kier molecular flexibility index (Phi) is 9.04. The van der Waals surface area contributed by atoms with Gasteiger partial charge < -0.3 is 24.0 Å². The summed E-state index contributed by atoms with van der Waals surface area (Å²) in [6.07, 6.45) is 6.49. The fourth-order valence-electron chi connectivity index (χ4n) is 4.16. The first-order valence-electron chi connectivity index (χ1n) is 12.3. The van der Waals surface area contributed by atoms with E-state index < -0.39 is 5.82 Å². The van der Waals surface area contributed by atoms with E-state index in [9.17, 15) is 4.39 Å². The first kappa shape index (κ1) is 25.8. The summed E-state index contributed by atoms with van der Waals surface area (Å²) in [5, 5.41) is 17.9. The van der Waals surface area contributed by atoms with E-state index in [0.29, 0.717) is 43.4 Å². The topological polar surface area (TPSA) is 118 Å². The number of aliphatic hydroxyl groups excluding tert-OH is 1. The molecular formula is C25H33FN6O4. The van der Waals surface area contributed by atoms with E-state index in [-0.39, 0.29) is 19.0 Å². The lowest BCUT2D eigenvalue weighted by Crippen LogP contribution is -2.37. The number of fused-ring (bicyclic) bond motifs is 1. The molecule has 11 heteroatoms. The maximum Gasteiger partial charge on any atom is 0.166 e. The predicted molar refractivity (Wildman–Crippen MR) is 133 cm³/mol. The number of aromatic nitrogens is 4. The van der Waals surface area contributed by atoms with Gasteiger partial charge in [-0.15, -0.1) is 0 Å². The van der Waals surface area contributed by atoms with Gasteiger partial charge in [-0.05, 0) is 37.5 Å². The first-order chi connectivity index (χ1) is 17.6. The van der Waals surface area contributed by atoms with Gasteiger partial charge in [-0.1, -0.05) is 19.4 Å². The smallest absolute Gasteiger partial charge is 0.166 e. The summed E-state index contributed by atoms with van der Waals surface area (Å²) in [5.74, 6) is 0.722. The van der Waals surface area contributed by atoms with Crippen LogP contribution in [-0.4, -0.2) is 69.3 Å². The molecule has 0 atom stereocenters. The number of nitrogens with one attached hydrogen (secondary N) is 1. The highest BCUT2D eigenvalue weighted by atomic mass is 19.1. The van der Waals surface area contributed by atoms with E-state index in [1.807, 2.05) is 4.57 Å². The highest BCUT2D eigenvalue weighted by Gasteiger charge is 2.21. The van der Waals surface area contributed by atoms with E-state index in [1.54, 1.807) is 18.5 Å². The molecule has 3 heterocycles. The first-order valence-corrected chi connectivity index (χ1v) is 12.3. The highest BCUT2D eigenvalue weighted by Crippen LogP contribution is 2.30. The maximum absolute atomic E-state index is 14.2. The van der Waals surface area contributed by atoms with Crippen LogP contribution in [0, 0.1) is 5.82 Å². The molecule has 0 unspecified atom stereocenters. The number of hydroxylamine groups is 1. The van der Waals surface area contributed by atoms with Crippen LogP contribution in [-0.2, 0) is 11.3 Å². The molecule has 0 bridgehead atoms. The zero-order valence-corrected chi connectivity index (χ0v) is 20.3. The Morgan fingerprint density at radius 1 is 1.17 bits per heavy atom. The summed E-state index contributed by atoms with van der Waals surface area (Å²) in [4.78, 5) is 16.4. The molecule has 1 aliphatic heterocycles. The molecule has 4 rings (SSSR count). The zero-order chi connectivity index (χ0) is 25.3. The quantitative estimate of drug-likeness (QED) is 0.240. The van der Waals surface area contributed by atoms with Crippen molar-refractivity contribution in [2.75, 3.05) is 44.4 Å². The van der Waals surface area contributed by atoms with Crippen molar-refractivity contribution in [1.29, 1.82) is 0 Å². The third-order valence-corrected chi connectivity index (χ3v) is 6.08. The third-order valence-electron chi connectivity index (χ3n) is 6.08. The molecule has 1 saturated heterocycles. The molecule has 0 aliphatic carbocycles. The van der Waals surface area contributed by atoms with Crippen molar-refractivity contribution >= 4 is 17.0 Å². The zero-order valence-electron chi connectivity index (χ0n) is 20.3. The lowest BCUT2D eigenvalue weighted by atomic mass is 10.1. The van der Waals surface area contributed by atoms with Gasteiger partial charge in [0.05, 0.1) is 26.1 Å². The Hall–Kier alpha value is -3.28. The van der Waals surface area contributed by atoms with Crippen molar-refractivity contribution in [3.05, 3.63) is 42.6 Å². The van der Waals surface area contributed by atoms with Crippen LogP contribution in [0.4, 0.5) is 10.2 Å². The number of ether oxygens (including phenoxy) is 2. The molecule has 0 radical (unpaired) electrons. The summed E-state index contributed by atoms with van der Waals surface area (Å²) < 4.78 is 27.1. The van der Waals surface area contributed by atoms with Crippen LogP contribution >= 0.6 is 0 Å². The van der Waals surface area contributed by atoms with E-state index in [0.717, 1.165) is 55.6 Å². The number of unbranched alkanes of at least 4 members (excludes halogenated alkanes) is 3. The van der Waals surface area contributed by atoms with Crippen LogP contribution < -0.4 is 15.1 Å². The van der Waals surface area contributed by atoms with Crippen LogP contribution in [0.5, 0.6) is 5.75 Å². The number of hydrogen-bond acceptors (Lipinski definition) is 9. The van der Waals surface area contributed by atoms with Crippen molar-refractivity contribution in [2.45, 2.75) is 38.6 Å². The second kappa shape index (κ2) is 12.6. The normalized spacial score (nSPS) is 13.8. The van der Waals surface area contributed by atoms with Gasteiger partial charge >= 0.3 is 0 Å². The van der Waals surface area contributed by atoms with E-state index in [2.05, 4.69) is 21.9 Å². The summed E-state index contributed by atoms with van der Waals surface area (Å²) >= 11 is 0. The lowest BCUT2D eigenvalue weighted by molar-refractivity contribution is 0.122. The average Bonchev–Trinajstić information content (AvgIpc) is 3.32. The molecular weight excluding hydrogens is 467 g/mol. The number of nitrogens with zero attached hydrogens (tertiary/aromatic N) is 5. The Bertz CT molecular complexity index is 1160. The fourth-order valence-corrected chi connectivity index (χ4v) is 4.16. The Morgan fingerprint density at radius 3 is 2.75 bits per heavy atom. The van der Waals surface area contributed by atoms with Crippen LogP contribution in [0.15, 0.2) is 36.8 Å². The van der Waals surface area contributed by atoms with Gasteiger partial charge in [0.25, 0.3) is 0 Å². The SMILES string of the molecule is C=C(CCCCCCn1cnc2c(N3CCOCC3)nc(-c3ccc(F)c(OCCO)c3)nc21)NO. The minimum atomic E-state index is -0.509. The molecule has 0 saturated carbocycles. The van der Waals surface area contributed by atoms with Gasteiger partial charge in [-0.2, -0.15) is 0 Å². The van der Waals surface area contributed by atoms with Crippen LogP contribution in [0.3, 0.4) is 0 Å². The summed E-state index contributed by atoms with van der Waals surface area (Å²) in [6.45, 7) is 6.88. The number of halogens is 1. The fraction of sp³-hybridized carbons (Fsp3) is 0.480. The van der Waals surface area contributed by atoms with E-state index >= 15 is 0 Å². The number of aryl methyl sites for hydroxylation is 1. The Morgan fingerprint density at radius 2 is 1.97 bits per heavy atom. The van der Waals surface area contributed by atoms with Crippen LogP contribution in [0.2, 0.25) is 0 Å². The van der Waals surface area contributed by atoms with E-state index in [4.69, 9.17) is 29.8 Å². The molecule has 2 aromatic heterocycles. The predicted octanol–water partition coefficient (Wildman–Crippen LogP) is 3.28. The molecule has 0 spiro atoms. The molecule has 3 aromatic rings. The van der Waals surface area contributed by atoms with Crippen molar-refractivity contribution in [2.24, 2.45) is 0 Å². The second-order valence-electron chi connectivity index (χ2n) is 8.68. The Balaban J connectivity index is 1.60. The molecule has 0 amide bonds. The monoisotopic (exact) mass is 500 g/mol. The van der Waals surface area contributed by atoms with Gasteiger partial charge in [0, 0.05) is 30.9 Å². The number of hydrogen-bond donors (Lipinski definition) is 3. The summed E-state index contributed by atoms with van der Waals surface area (Å²) in [5.41, 5.74) is 4.79. The van der Waals surface area contributed by atoms with E-state index in [1.165, 1.54) is 6.07 Å². The number of anilines is 1. The number of benzene rings is 1. The van der Waals surface area contributed by atoms with Crippen molar-refractivity contribution in [3.63, 3.8) is 0 Å². The standard InChI is InChI=1S/C25H33FN6O4/c1-18(30-34)6-4-2-3-5-9-32-17-27-22-24(31-10-13-35-14-11-31)28-23(29-25(22)32)19-7-8-20(26)21(16-19)36-15-12-33/h7-8,16-17,30,33-34H,1-6,9-15H2. The minimum Gasteiger partial charge on any atom is -0.488 e. The van der Waals surface area contributed by atoms with Gasteiger partial charge in [-0.25, -0.2) is 19.3 Å². The average molecular weight is 501 g/mol. The number of imidazole rings is 1. The Labute approximate surface area is 209 Å². The molecule has 10 nitrogen and oxygen atoms in total. The molecule has 194 valence electrons. The van der Waals surface area contributed by atoms with Crippen molar-refractivity contribution < 1.29 is 24.2 Å². The molecule has 3 N–H and O–H groups in total. The summed E-state index contributed by atoms with van der Waals surface area (Å²) in [6, 6.07) is 4.51. The number of morpholine rings is 1. The van der Waals surface area contributed by atoms with Gasteiger partial charge in [0.2, 0.25) is 0 Å². The minimum absolute atomic E-state index is 0.00329.